The van der Waals surface area contributed by atoms with Crippen LogP contribution in [0.1, 0.15) is 12.8 Å². The van der Waals surface area contributed by atoms with Crippen molar-refractivity contribution in [3.63, 3.8) is 0 Å². The van der Waals surface area contributed by atoms with Crippen molar-refractivity contribution in [3.8, 4) is 5.75 Å². The predicted octanol–water partition coefficient (Wildman–Crippen LogP) is 2.06. The lowest BCUT2D eigenvalue weighted by Gasteiger charge is -2.16. The van der Waals surface area contributed by atoms with Gasteiger partial charge in [0.05, 0.1) is 0 Å². The number of hydrogen-bond donors (Lipinski definition) is 1. The summed E-state index contributed by atoms with van der Waals surface area (Å²) in [4.78, 5) is 13.8. The van der Waals surface area contributed by atoms with Gasteiger partial charge in [-0.2, -0.15) is 0 Å². The monoisotopic (exact) mass is 327 g/mol. The van der Waals surface area contributed by atoms with E-state index >= 15 is 0 Å². The average Bonchev–Trinajstić information content (AvgIpc) is 2.85. The SMILES string of the molecule is O=C(COc1cccc(Br)c1)N1CCC(CCO)C1. The van der Waals surface area contributed by atoms with Crippen molar-refractivity contribution in [2.45, 2.75) is 12.8 Å². The summed E-state index contributed by atoms with van der Waals surface area (Å²) in [5.74, 6) is 1.13. The molecule has 0 bridgehead atoms. The normalized spacial score (nSPS) is 18.6. The quantitative estimate of drug-likeness (QED) is 0.900. The molecule has 19 heavy (non-hydrogen) atoms. The van der Waals surface area contributed by atoms with Crippen LogP contribution >= 0.6 is 15.9 Å². The molecule has 0 radical (unpaired) electrons. The largest absolute Gasteiger partial charge is 0.484 e. The Morgan fingerprint density at radius 2 is 2.37 bits per heavy atom. The molecule has 4 nitrogen and oxygen atoms in total. The molecule has 2 rings (SSSR count). The van der Waals surface area contributed by atoms with E-state index in [0.29, 0.717) is 11.7 Å². The number of carbonyl (C=O) groups is 1. The second-order valence-electron chi connectivity index (χ2n) is 4.75. The third-order valence-corrected chi connectivity index (χ3v) is 3.83. The van der Waals surface area contributed by atoms with Crippen LogP contribution < -0.4 is 4.74 Å². The van der Waals surface area contributed by atoms with Gasteiger partial charge in [0.25, 0.3) is 5.91 Å². The van der Waals surface area contributed by atoms with Gasteiger partial charge >= 0.3 is 0 Å². The molecule has 0 saturated carbocycles. The number of benzene rings is 1. The van der Waals surface area contributed by atoms with E-state index in [1.165, 1.54) is 0 Å². The summed E-state index contributed by atoms with van der Waals surface area (Å²) in [5, 5.41) is 8.90. The molecule has 1 aliphatic heterocycles. The van der Waals surface area contributed by atoms with E-state index in [0.717, 1.165) is 30.4 Å². The fourth-order valence-corrected chi connectivity index (χ4v) is 2.65. The van der Waals surface area contributed by atoms with E-state index in [2.05, 4.69) is 15.9 Å². The lowest BCUT2D eigenvalue weighted by atomic mass is 10.1. The van der Waals surface area contributed by atoms with Gasteiger partial charge in [0, 0.05) is 24.2 Å². The maximum Gasteiger partial charge on any atom is 0.260 e. The number of carbonyl (C=O) groups excluding carboxylic acids is 1. The molecule has 104 valence electrons. The van der Waals surface area contributed by atoms with E-state index in [-0.39, 0.29) is 19.1 Å². The summed E-state index contributed by atoms with van der Waals surface area (Å²) in [7, 11) is 0. The van der Waals surface area contributed by atoms with Gasteiger partial charge in [-0.15, -0.1) is 0 Å². The number of nitrogens with zero attached hydrogens (tertiary/aromatic N) is 1. The van der Waals surface area contributed by atoms with Gasteiger partial charge in [0.2, 0.25) is 0 Å². The van der Waals surface area contributed by atoms with E-state index in [1.807, 2.05) is 29.2 Å². The van der Waals surface area contributed by atoms with Crippen LogP contribution in [0.15, 0.2) is 28.7 Å². The Labute approximate surface area is 121 Å². The lowest BCUT2D eigenvalue weighted by molar-refractivity contribution is -0.132. The molecule has 1 fully saturated rings. The molecule has 0 aliphatic carbocycles. The highest BCUT2D eigenvalue weighted by Gasteiger charge is 2.25. The Morgan fingerprint density at radius 1 is 1.53 bits per heavy atom. The molecule has 0 spiro atoms. The molecular formula is C14H18BrNO3. The maximum atomic E-state index is 12.0. The molecule has 1 atom stereocenters. The molecule has 1 aromatic rings. The molecule has 1 heterocycles. The van der Waals surface area contributed by atoms with Gasteiger partial charge in [-0.3, -0.25) is 4.79 Å². The minimum Gasteiger partial charge on any atom is -0.484 e. The summed E-state index contributed by atoms with van der Waals surface area (Å²) in [5.41, 5.74) is 0. The van der Waals surface area contributed by atoms with Crippen LogP contribution in [-0.4, -0.2) is 42.2 Å². The Balaban J connectivity index is 1.79. The standard InChI is InChI=1S/C14H18BrNO3/c15-12-2-1-3-13(8-12)19-10-14(18)16-6-4-11(9-16)5-7-17/h1-3,8,11,17H,4-7,9-10H2. The third kappa shape index (κ3) is 4.21. The summed E-state index contributed by atoms with van der Waals surface area (Å²) in [6.45, 7) is 1.77. The van der Waals surface area contributed by atoms with Gasteiger partial charge in [0.15, 0.2) is 6.61 Å². The topological polar surface area (TPSA) is 49.8 Å². The molecule has 1 saturated heterocycles. The van der Waals surface area contributed by atoms with Crippen LogP contribution in [0.4, 0.5) is 0 Å². The van der Waals surface area contributed by atoms with Crippen LogP contribution in [0.3, 0.4) is 0 Å². The Hall–Kier alpha value is -1.07. The summed E-state index contributed by atoms with van der Waals surface area (Å²) < 4.78 is 6.42. The van der Waals surface area contributed by atoms with Gasteiger partial charge in [0.1, 0.15) is 5.75 Å². The second-order valence-corrected chi connectivity index (χ2v) is 5.67. The number of amides is 1. The molecular weight excluding hydrogens is 310 g/mol. The van der Waals surface area contributed by atoms with Crippen molar-refractivity contribution in [1.82, 2.24) is 4.90 Å². The number of aliphatic hydroxyl groups is 1. The predicted molar refractivity (Wildman–Crippen MR) is 76.0 cm³/mol. The Kier molecular flexibility index (Phi) is 5.22. The fraction of sp³-hybridized carbons (Fsp3) is 0.500. The molecule has 1 N–H and O–H groups in total. The smallest absolute Gasteiger partial charge is 0.260 e. The minimum atomic E-state index is 0.0143. The average molecular weight is 328 g/mol. The molecule has 1 amide bonds. The van der Waals surface area contributed by atoms with Crippen LogP contribution in [0, 0.1) is 5.92 Å². The summed E-state index contributed by atoms with van der Waals surface area (Å²) in [6, 6.07) is 7.45. The zero-order valence-corrected chi connectivity index (χ0v) is 12.3. The van der Waals surface area contributed by atoms with Crippen molar-refractivity contribution < 1.29 is 14.6 Å². The molecule has 1 aliphatic rings. The first-order valence-corrected chi connectivity index (χ1v) is 7.25. The third-order valence-electron chi connectivity index (χ3n) is 3.33. The van der Waals surface area contributed by atoms with E-state index in [4.69, 9.17) is 9.84 Å². The van der Waals surface area contributed by atoms with Crippen molar-refractivity contribution in [2.75, 3.05) is 26.3 Å². The first-order valence-electron chi connectivity index (χ1n) is 6.46. The Morgan fingerprint density at radius 3 is 3.11 bits per heavy atom. The number of ether oxygens (including phenoxy) is 1. The highest BCUT2D eigenvalue weighted by atomic mass is 79.9. The van der Waals surface area contributed by atoms with Gasteiger partial charge < -0.3 is 14.7 Å². The first kappa shape index (κ1) is 14.3. The summed E-state index contributed by atoms with van der Waals surface area (Å²) >= 11 is 3.36. The van der Waals surface area contributed by atoms with Crippen molar-refractivity contribution in [2.24, 2.45) is 5.92 Å². The number of likely N-dealkylation sites (tertiary alicyclic amines) is 1. The minimum absolute atomic E-state index is 0.0143. The number of hydrogen-bond acceptors (Lipinski definition) is 3. The molecule has 1 unspecified atom stereocenters. The van der Waals surface area contributed by atoms with Gasteiger partial charge in [-0.25, -0.2) is 0 Å². The van der Waals surface area contributed by atoms with Gasteiger partial charge in [-0.1, -0.05) is 22.0 Å². The highest BCUT2D eigenvalue weighted by Crippen LogP contribution is 2.20. The zero-order chi connectivity index (χ0) is 13.7. The highest BCUT2D eigenvalue weighted by molar-refractivity contribution is 9.10. The second kappa shape index (κ2) is 6.91. The maximum absolute atomic E-state index is 12.0. The van der Waals surface area contributed by atoms with E-state index in [9.17, 15) is 4.79 Å². The number of aliphatic hydroxyl groups excluding tert-OH is 1. The molecule has 5 heteroatoms. The fourth-order valence-electron chi connectivity index (χ4n) is 2.27. The zero-order valence-electron chi connectivity index (χ0n) is 10.7. The van der Waals surface area contributed by atoms with Crippen LogP contribution in [0.2, 0.25) is 0 Å². The molecule has 1 aromatic carbocycles. The van der Waals surface area contributed by atoms with Crippen LogP contribution in [0.5, 0.6) is 5.75 Å². The van der Waals surface area contributed by atoms with Crippen molar-refractivity contribution in [1.29, 1.82) is 0 Å². The number of halogens is 1. The Bertz CT molecular complexity index is 438. The van der Waals surface area contributed by atoms with Crippen molar-refractivity contribution >= 4 is 21.8 Å². The molecule has 0 aromatic heterocycles. The van der Waals surface area contributed by atoms with Crippen LogP contribution in [-0.2, 0) is 4.79 Å². The van der Waals surface area contributed by atoms with E-state index in [1.54, 1.807) is 0 Å². The van der Waals surface area contributed by atoms with E-state index < -0.39 is 0 Å². The van der Waals surface area contributed by atoms with Crippen molar-refractivity contribution in [3.05, 3.63) is 28.7 Å². The first-order chi connectivity index (χ1) is 9.19. The summed E-state index contributed by atoms with van der Waals surface area (Å²) in [6.07, 6.45) is 1.75. The van der Waals surface area contributed by atoms with Crippen LogP contribution in [0.25, 0.3) is 0 Å². The van der Waals surface area contributed by atoms with Gasteiger partial charge in [-0.05, 0) is 37.0 Å². The number of rotatable bonds is 5. The lowest BCUT2D eigenvalue weighted by Crippen LogP contribution is -2.33.